The first-order chi connectivity index (χ1) is 9.87. The number of aromatic nitrogens is 2. The average Bonchev–Trinajstić information content (AvgIpc) is 2.85. The molecule has 0 aliphatic heterocycles. The van der Waals surface area contributed by atoms with Crippen LogP contribution in [0.4, 0.5) is 11.6 Å². The zero-order chi connectivity index (χ0) is 15.5. The van der Waals surface area contributed by atoms with E-state index in [-0.39, 0.29) is 10.0 Å². The standard InChI is InChI=1S/C13H18N4O2S2/c1-9(2)8-14-11-5-6-12(16-15-11)17-21(18,19)13-7-4-10(3)20-13/h4-7,9H,8H2,1-3H3,(H,14,15)(H,16,17). The van der Waals surface area contributed by atoms with Crippen LogP contribution in [0.3, 0.4) is 0 Å². The molecule has 2 N–H and O–H groups in total. The highest BCUT2D eigenvalue weighted by molar-refractivity contribution is 7.94. The minimum absolute atomic E-state index is 0.205. The highest BCUT2D eigenvalue weighted by atomic mass is 32.2. The molecule has 2 aromatic rings. The third-order valence-corrected chi connectivity index (χ3v) is 5.42. The molecule has 2 heterocycles. The summed E-state index contributed by atoms with van der Waals surface area (Å²) in [5.74, 6) is 1.32. The summed E-state index contributed by atoms with van der Waals surface area (Å²) < 4.78 is 27.0. The third kappa shape index (κ3) is 4.40. The molecule has 2 rings (SSSR count). The molecule has 0 aliphatic carbocycles. The summed E-state index contributed by atoms with van der Waals surface area (Å²) in [6.45, 7) is 6.82. The van der Waals surface area contributed by atoms with Gasteiger partial charge in [-0.3, -0.25) is 4.72 Å². The van der Waals surface area contributed by atoms with Crippen molar-refractivity contribution in [2.75, 3.05) is 16.6 Å². The van der Waals surface area contributed by atoms with E-state index in [2.05, 4.69) is 34.1 Å². The number of sulfonamides is 1. The predicted octanol–water partition coefficient (Wildman–Crippen LogP) is 2.72. The van der Waals surface area contributed by atoms with Gasteiger partial charge in [-0.05, 0) is 37.1 Å². The molecule has 0 saturated heterocycles. The molecule has 0 radical (unpaired) electrons. The maximum absolute atomic E-state index is 12.1. The average molecular weight is 326 g/mol. The van der Waals surface area contributed by atoms with Gasteiger partial charge in [-0.1, -0.05) is 13.8 Å². The van der Waals surface area contributed by atoms with Gasteiger partial charge in [0.25, 0.3) is 10.0 Å². The lowest BCUT2D eigenvalue weighted by atomic mass is 10.2. The lowest BCUT2D eigenvalue weighted by Gasteiger charge is -2.08. The Hall–Kier alpha value is -1.67. The van der Waals surface area contributed by atoms with Crippen molar-refractivity contribution < 1.29 is 8.42 Å². The van der Waals surface area contributed by atoms with E-state index < -0.39 is 10.0 Å². The molecule has 0 saturated carbocycles. The number of hydrogen-bond donors (Lipinski definition) is 2. The van der Waals surface area contributed by atoms with Crippen molar-refractivity contribution in [3.05, 3.63) is 29.1 Å². The molecule has 0 amide bonds. The second-order valence-corrected chi connectivity index (χ2v) is 8.25. The van der Waals surface area contributed by atoms with Gasteiger partial charge in [-0.2, -0.15) is 0 Å². The summed E-state index contributed by atoms with van der Waals surface area (Å²) in [7, 11) is -3.59. The van der Waals surface area contributed by atoms with E-state index in [0.29, 0.717) is 11.7 Å². The molecule has 0 fully saturated rings. The molecule has 0 atom stereocenters. The van der Waals surface area contributed by atoms with Crippen LogP contribution in [0.15, 0.2) is 28.5 Å². The van der Waals surface area contributed by atoms with Gasteiger partial charge in [0.2, 0.25) is 0 Å². The summed E-state index contributed by atoms with van der Waals surface area (Å²) in [5.41, 5.74) is 0. The number of rotatable bonds is 6. The molecule has 2 aromatic heterocycles. The first-order valence-corrected chi connectivity index (χ1v) is 8.83. The van der Waals surface area contributed by atoms with Gasteiger partial charge in [0.05, 0.1) is 0 Å². The van der Waals surface area contributed by atoms with E-state index in [1.807, 2.05) is 6.92 Å². The lowest BCUT2D eigenvalue weighted by Crippen LogP contribution is -2.14. The maximum Gasteiger partial charge on any atom is 0.272 e. The first-order valence-electron chi connectivity index (χ1n) is 6.53. The number of nitrogens with zero attached hydrogens (tertiary/aromatic N) is 2. The van der Waals surface area contributed by atoms with Crippen molar-refractivity contribution >= 4 is 33.0 Å². The van der Waals surface area contributed by atoms with Crippen LogP contribution >= 0.6 is 11.3 Å². The monoisotopic (exact) mass is 326 g/mol. The van der Waals surface area contributed by atoms with Crippen molar-refractivity contribution in [3.63, 3.8) is 0 Å². The van der Waals surface area contributed by atoms with Crippen LogP contribution in [0, 0.1) is 12.8 Å². The number of anilines is 2. The number of hydrogen-bond acceptors (Lipinski definition) is 6. The third-order valence-electron chi connectivity index (χ3n) is 2.58. The number of nitrogens with one attached hydrogen (secondary N) is 2. The molecule has 0 bridgehead atoms. The molecular weight excluding hydrogens is 308 g/mol. The van der Waals surface area contributed by atoms with Crippen molar-refractivity contribution in [3.8, 4) is 0 Å². The Morgan fingerprint density at radius 3 is 2.33 bits per heavy atom. The fourth-order valence-corrected chi connectivity index (χ4v) is 3.81. The van der Waals surface area contributed by atoms with E-state index in [1.54, 1.807) is 24.3 Å². The summed E-state index contributed by atoms with van der Waals surface area (Å²) in [5, 5.41) is 10.9. The number of thiophene rings is 1. The van der Waals surface area contributed by atoms with Crippen LogP contribution in [-0.4, -0.2) is 25.2 Å². The summed E-state index contributed by atoms with van der Waals surface area (Å²) in [6, 6.07) is 6.64. The van der Waals surface area contributed by atoms with Gasteiger partial charge in [-0.25, -0.2) is 8.42 Å². The van der Waals surface area contributed by atoms with Crippen LogP contribution < -0.4 is 10.0 Å². The second kappa shape index (κ2) is 6.40. The van der Waals surface area contributed by atoms with Crippen molar-refractivity contribution in [1.82, 2.24) is 10.2 Å². The van der Waals surface area contributed by atoms with Gasteiger partial charge in [0.1, 0.15) is 10.0 Å². The van der Waals surface area contributed by atoms with Crippen molar-refractivity contribution in [2.45, 2.75) is 25.0 Å². The predicted molar refractivity (Wildman–Crippen MR) is 85.2 cm³/mol. The van der Waals surface area contributed by atoms with Gasteiger partial charge in [0.15, 0.2) is 5.82 Å². The lowest BCUT2D eigenvalue weighted by molar-refractivity contribution is 0.603. The van der Waals surface area contributed by atoms with E-state index >= 15 is 0 Å². The molecular formula is C13H18N4O2S2. The molecule has 6 nitrogen and oxygen atoms in total. The molecule has 0 aliphatic rings. The maximum atomic E-state index is 12.1. The fraction of sp³-hybridized carbons (Fsp3) is 0.385. The van der Waals surface area contributed by atoms with Crippen LogP contribution in [0.25, 0.3) is 0 Å². The van der Waals surface area contributed by atoms with Crippen LogP contribution in [0.2, 0.25) is 0 Å². The Morgan fingerprint density at radius 1 is 1.14 bits per heavy atom. The molecule has 114 valence electrons. The summed E-state index contributed by atoms with van der Waals surface area (Å²) >= 11 is 1.22. The normalized spacial score (nSPS) is 11.6. The van der Waals surface area contributed by atoms with E-state index in [9.17, 15) is 8.42 Å². The quantitative estimate of drug-likeness (QED) is 0.852. The Balaban J connectivity index is 2.06. The summed E-state index contributed by atoms with van der Waals surface area (Å²) in [6.07, 6.45) is 0. The van der Waals surface area contributed by atoms with E-state index in [1.165, 1.54) is 11.3 Å². The Labute approximate surface area is 128 Å². The highest BCUT2D eigenvalue weighted by Crippen LogP contribution is 2.22. The topological polar surface area (TPSA) is 84.0 Å². The highest BCUT2D eigenvalue weighted by Gasteiger charge is 2.17. The zero-order valence-electron chi connectivity index (χ0n) is 12.1. The minimum atomic E-state index is -3.59. The van der Waals surface area contributed by atoms with Crippen LogP contribution in [0.5, 0.6) is 0 Å². The van der Waals surface area contributed by atoms with Gasteiger partial charge >= 0.3 is 0 Å². The van der Waals surface area contributed by atoms with Gasteiger partial charge in [-0.15, -0.1) is 21.5 Å². The first kappa shape index (κ1) is 15.7. The summed E-state index contributed by atoms with van der Waals surface area (Å²) in [4.78, 5) is 0.940. The SMILES string of the molecule is Cc1ccc(S(=O)(=O)Nc2ccc(NCC(C)C)nn2)s1. The van der Waals surface area contributed by atoms with Crippen molar-refractivity contribution in [1.29, 1.82) is 0 Å². The minimum Gasteiger partial charge on any atom is -0.368 e. The Bertz CT molecular complexity index is 693. The van der Waals surface area contributed by atoms with Crippen molar-refractivity contribution in [2.24, 2.45) is 5.92 Å². The van der Waals surface area contributed by atoms with Gasteiger partial charge in [0, 0.05) is 11.4 Å². The molecule has 0 spiro atoms. The molecule has 21 heavy (non-hydrogen) atoms. The smallest absolute Gasteiger partial charge is 0.272 e. The van der Waals surface area contributed by atoms with Gasteiger partial charge < -0.3 is 5.32 Å². The largest absolute Gasteiger partial charge is 0.368 e. The Morgan fingerprint density at radius 2 is 1.81 bits per heavy atom. The van der Waals surface area contributed by atoms with Crippen LogP contribution in [-0.2, 0) is 10.0 Å². The fourth-order valence-electron chi connectivity index (χ4n) is 1.53. The van der Waals surface area contributed by atoms with E-state index in [4.69, 9.17) is 0 Å². The Kier molecular flexibility index (Phi) is 4.79. The second-order valence-electron chi connectivity index (χ2n) is 5.05. The molecule has 0 unspecified atom stereocenters. The molecule has 0 aromatic carbocycles. The van der Waals surface area contributed by atoms with E-state index in [0.717, 1.165) is 11.4 Å². The number of aryl methyl sites for hydroxylation is 1. The molecule has 8 heteroatoms. The van der Waals surface area contributed by atoms with Crippen LogP contribution in [0.1, 0.15) is 18.7 Å². The zero-order valence-corrected chi connectivity index (χ0v) is 13.8.